The molecule has 0 spiro atoms. The van der Waals surface area contributed by atoms with E-state index in [0.29, 0.717) is 16.8 Å². The van der Waals surface area contributed by atoms with Gasteiger partial charge >= 0.3 is 0 Å². The SMILES string of the molecule is Cc1nn(C)c(C)c1Oc1ccc([N+](=O)[O-])cc1CBr. The fourth-order valence-electron chi connectivity index (χ4n) is 1.90. The van der Waals surface area contributed by atoms with Crippen LogP contribution in [0.2, 0.25) is 0 Å². The number of non-ortho nitro benzene ring substituents is 1. The van der Waals surface area contributed by atoms with Crippen LogP contribution in [0.25, 0.3) is 0 Å². The highest BCUT2D eigenvalue weighted by Gasteiger charge is 2.16. The fraction of sp³-hybridized carbons (Fsp3) is 0.308. The zero-order chi connectivity index (χ0) is 14.9. The summed E-state index contributed by atoms with van der Waals surface area (Å²) in [5.74, 6) is 1.27. The highest BCUT2D eigenvalue weighted by Crippen LogP contribution is 2.33. The van der Waals surface area contributed by atoms with Gasteiger partial charge in [0, 0.05) is 30.1 Å². The van der Waals surface area contributed by atoms with Crippen LogP contribution >= 0.6 is 15.9 Å². The van der Waals surface area contributed by atoms with Gasteiger partial charge in [-0.15, -0.1) is 0 Å². The molecule has 0 saturated carbocycles. The highest BCUT2D eigenvalue weighted by molar-refractivity contribution is 9.08. The predicted octanol–water partition coefficient (Wildman–Crippen LogP) is 3.63. The molecule has 0 amide bonds. The average molecular weight is 340 g/mol. The van der Waals surface area contributed by atoms with E-state index in [0.717, 1.165) is 17.0 Å². The van der Waals surface area contributed by atoms with Crippen LogP contribution in [-0.4, -0.2) is 14.7 Å². The van der Waals surface area contributed by atoms with Crippen molar-refractivity contribution in [1.82, 2.24) is 9.78 Å². The van der Waals surface area contributed by atoms with Gasteiger partial charge < -0.3 is 4.74 Å². The Morgan fingerprint density at radius 1 is 1.45 bits per heavy atom. The molecule has 0 aliphatic rings. The molecule has 20 heavy (non-hydrogen) atoms. The van der Waals surface area contributed by atoms with Crippen LogP contribution in [0.15, 0.2) is 18.2 Å². The summed E-state index contributed by atoms with van der Waals surface area (Å²) >= 11 is 3.32. The predicted molar refractivity (Wildman–Crippen MR) is 78.5 cm³/mol. The largest absolute Gasteiger partial charge is 0.453 e. The van der Waals surface area contributed by atoms with Crippen LogP contribution in [0.5, 0.6) is 11.5 Å². The van der Waals surface area contributed by atoms with Gasteiger partial charge in [-0.3, -0.25) is 14.8 Å². The molecule has 0 bridgehead atoms. The summed E-state index contributed by atoms with van der Waals surface area (Å²) < 4.78 is 7.62. The van der Waals surface area contributed by atoms with Gasteiger partial charge in [0.15, 0.2) is 5.75 Å². The van der Waals surface area contributed by atoms with Gasteiger partial charge in [0.25, 0.3) is 5.69 Å². The molecule has 1 aromatic carbocycles. The number of nitro groups is 1. The van der Waals surface area contributed by atoms with Crippen LogP contribution in [0.1, 0.15) is 17.0 Å². The van der Waals surface area contributed by atoms with E-state index >= 15 is 0 Å². The number of nitrogens with zero attached hydrogens (tertiary/aromatic N) is 3. The van der Waals surface area contributed by atoms with E-state index in [1.807, 2.05) is 20.9 Å². The lowest BCUT2D eigenvalue weighted by atomic mass is 10.2. The van der Waals surface area contributed by atoms with Gasteiger partial charge in [0.05, 0.1) is 10.6 Å². The Balaban J connectivity index is 2.40. The summed E-state index contributed by atoms with van der Waals surface area (Å²) in [7, 11) is 1.84. The molecule has 0 atom stereocenters. The molecule has 0 fully saturated rings. The number of benzene rings is 1. The summed E-state index contributed by atoms with van der Waals surface area (Å²) in [6, 6.07) is 4.55. The number of ether oxygens (including phenoxy) is 1. The number of aryl methyl sites for hydroxylation is 2. The van der Waals surface area contributed by atoms with E-state index in [1.165, 1.54) is 12.1 Å². The molecule has 1 heterocycles. The van der Waals surface area contributed by atoms with Crippen molar-refractivity contribution in [1.29, 1.82) is 0 Å². The van der Waals surface area contributed by atoms with Crippen molar-refractivity contribution in [2.24, 2.45) is 7.05 Å². The van der Waals surface area contributed by atoms with Gasteiger partial charge in [-0.05, 0) is 19.9 Å². The molecule has 7 heteroatoms. The number of aromatic nitrogens is 2. The van der Waals surface area contributed by atoms with E-state index < -0.39 is 4.92 Å². The van der Waals surface area contributed by atoms with Crippen LogP contribution in [-0.2, 0) is 12.4 Å². The zero-order valence-electron chi connectivity index (χ0n) is 11.4. The molecule has 6 nitrogen and oxygen atoms in total. The van der Waals surface area contributed by atoms with Crippen molar-refractivity contribution in [3.8, 4) is 11.5 Å². The summed E-state index contributed by atoms with van der Waals surface area (Å²) in [6.45, 7) is 3.77. The molecule has 0 saturated heterocycles. The van der Waals surface area contributed by atoms with E-state index in [1.54, 1.807) is 10.7 Å². The lowest BCUT2D eigenvalue weighted by Gasteiger charge is -2.09. The van der Waals surface area contributed by atoms with E-state index in [-0.39, 0.29) is 5.69 Å². The van der Waals surface area contributed by atoms with Crippen molar-refractivity contribution in [2.45, 2.75) is 19.2 Å². The molecular formula is C13H14BrN3O3. The van der Waals surface area contributed by atoms with Crippen molar-refractivity contribution < 1.29 is 9.66 Å². The summed E-state index contributed by atoms with van der Waals surface area (Å²) in [4.78, 5) is 10.4. The second kappa shape index (κ2) is 5.62. The minimum absolute atomic E-state index is 0.0476. The topological polar surface area (TPSA) is 70.2 Å². The van der Waals surface area contributed by atoms with Crippen molar-refractivity contribution in [2.75, 3.05) is 0 Å². The fourth-order valence-corrected chi connectivity index (χ4v) is 2.33. The van der Waals surface area contributed by atoms with E-state index in [4.69, 9.17) is 4.74 Å². The second-order valence-electron chi connectivity index (χ2n) is 4.41. The third-order valence-corrected chi connectivity index (χ3v) is 3.66. The Bertz CT molecular complexity index is 667. The Kier molecular flexibility index (Phi) is 4.08. The third-order valence-electron chi connectivity index (χ3n) is 3.05. The van der Waals surface area contributed by atoms with Crippen LogP contribution < -0.4 is 4.74 Å². The molecule has 0 unspecified atom stereocenters. The smallest absolute Gasteiger partial charge is 0.270 e. The van der Waals surface area contributed by atoms with Gasteiger partial charge in [-0.25, -0.2) is 0 Å². The van der Waals surface area contributed by atoms with Gasteiger partial charge in [0.2, 0.25) is 0 Å². The minimum atomic E-state index is -0.420. The Labute approximate surface area is 124 Å². The van der Waals surface area contributed by atoms with Crippen LogP contribution in [0, 0.1) is 24.0 Å². The van der Waals surface area contributed by atoms with Crippen molar-refractivity contribution in [3.05, 3.63) is 45.3 Å². The Hall–Kier alpha value is -1.89. The third kappa shape index (κ3) is 2.67. The zero-order valence-corrected chi connectivity index (χ0v) is 13.0. The number of hydrogen-bond acceptors (Lipinski definition) is 4. The molecule has 0 aliphatic carbocycles. The maximum absolute atomic E-state index is 10.8. The highest BCUT2D eigenvalue weighted by atomic mass is 79.9. The summed E-state index contributed by atoms with van der Waals surface area (Å²) in [6.07, 6.45) is 0. The first-order valence-electron chi connectivity index (χ1n) is 5.95. The van der Waals surface area contributed by atoms with Crippen LogP contribution in [0.3, 0.4) is 0 Å². The molecule has 1 aromatic heterocycles. The van der Waals surface area contributed by atoms with Gasteiger partial charge in [-0.2, -0.15) is 5.10 Å². The van der Waals surface area contributed by atoms with Gasteiger partial charge in [0.1, 0.15) is 11.4 Å². The Morgan fingerprint density at radius 3 is 2.65 bits per heavy atom. The monoisotopic (exact) mass is 339 g/mol. The molecule has 2 rings (SSSR count). The second-order valence-corrected chi connectivity index (χ2v) is 4.97. The average Bonchev–Trinajstić information content (AvgIpc) is 2.65. The normalized spacial score (nSPS) is 10.6. The number of halogens is 1. The van der Waals surface area contributed by atoms with E-state index in [2.05, 4.69) is 21.0 Å². The first-order valence-corrected chi connectivity index (χ1v) is 7.07. The lowest BCUT2D eigenvalue weighted by molar-refractivity contribution is -0.384. The number of rotatable bonds is 4. The first-order chi connectivity index (χ1) is 9.43. The quantitative estimate of drug-likeness (QED) is 0.484. The Morgan fingerprint density at radius 2 is 2.15 bits per heavy atom. The maximum atomic E-state index is 10.8. The maximum Gasteiger partial charge on any atom is 0.270 e. The molecule has 0 radical (unpaired) electrons. The summed E-state index contributed by atoms with van der Waals surface area (Å²) in [5.41, 5.74) is 2.46. The minimum Gasteiger partial charge on any atom is -0.453 e. The number of alkyl halides is 1. The molecule has 2 aromatic rings. The van der Waals surface area contributed by atoms with Crippen molar-refractivity contribution in [3.63, 3.8) is 0 Å². The standard InChI is InChI=1S/C13H14BrN3O3/c1-8-13(9(2)16(3)15-8)20-12-5-4-11(17(18)19)6-10(12)7-14/h4-6H,7H2,1-3H3. The van der Waals surface area contributed by atoms with Gasteiger partial charge in [-0.1, -0.05) is 15.9 Å². The first kappa shape index (κ1) is 14.5. The lowest BCUT2D eigenvalue weighted by Crippen LogP contribution is -1.95. The summed E-state index contributed by atoms with van der Waals surface area (Å²) in [5, 5.41) is 15.5. The van der Waals surface area contributed by atoms with E-state index in [9.17, 15) is 10.1 Å². The number of nitro benzene ring substituents is 1. The molecular weight excluding hydrogens is 326 g/mol. The molecule has 106 valence electrons. The number of hydrogen-bond donors (Lipinski definition) is 0. The molecule has 0 aliphatic heterocycles. The van der Waals surface area contributed by atoms with Crippen LogP contribution in [0.4, 0.5) is 5.69 Å². The molecule has 0 N–H and O–H groups in total. The van der Waals surface area contributed by atoms with Crippen molar-refractivity contribution >= 4 is 21.6 Å².